The minimum atomic E-state index is 0.232. The Balaban J connectivity index is 2.33. The van der Waals surface area contributed by atoms with Crippen molar-refractivity contribution in [1.29, 1.82) is 0 Å². The summed E-state index contributed by atoms with van der Waals surface area (Å²) in [7, 11) is 0. The monoisotopic (exact) mass is 280 g/mol. The zero-order valence-corrected chi connectivity index (χ0v) is 13.5. The summed E-state index contributed by atoms with van der Waals surface area (Å²) >= 11 is 0. The molecule has 21 heavy (non-hydrogen) atoms. The van der Waals surface area contributed by atoms with Gasteiger partial charge in [0.15, 0.2) is 5.78 Å². The first-order valence-corrected chi connectivity index (χ1v) is 7.76. The van der Waals surface area contributed by atoms with Gasteiger partial charge in [-0.2, -0.15) is 0 Å². The number of ketones is 1. The van der Waals surface area contributed by atoms with Gasteiger partial charge in [-0.05, 0) is 55.0 Å². The Labute approximate surface area is 128 Å². The van der Waals surface area contributed by atoms with Crippen LogP contribution in [0.3, 0.4) is 0 Å². The van der Waals surface area contributed by atoms with E-state index in [1.165, 1.54) is 16.7 Å². The van der Waals surface area contributed by atoms with E-state index in [0.717, 1.165) is 29.5 Å². The van der Waals surface area contributed by atoms with Crippen molar-refractivity contribution in [3.63, 3.8) is 0 Å². The average Bonchev–Trinajstić information content (AvgIpc) is 2.50. The summed E-state index contributed by atoms with van der Waals surface area (Å²) in [6.07, 6.45) is 2.36. The lowest BCUT2D eigenvalue weighted by Crippen LogP contribution is -2.09. The number of carbonyl (C=O) groups is 1. The normalized spacial score (nSPS) is 10.7. The van der Waals surface area contributed by atoms with Crippen LogP contribution in [0.4, 0.5) is 0 Å². The summed E-state index contributed by atoms with van der Waals surface area (Å²) in [5.74, 6) is 0.232. The number of carbonyl (C=O) groups excluding carboxylic acids is 1. The second kappa shape index (κ2) is 6.71. The SMILES string of the molecule is CCc1ccc(CC)c(C(=O)Cc2cc(C)ccc2C)c1. The van der Waals surface area contributed by atoms with Gasteiger partial charge in [-0.25, -0.2) is 0 Å². The molecule has 0 amide bonds. The van der Waals surface area contributed by atoms with E-state index >= 15 is 0 Å². The van der Waals surface area contributed by atoms with E-state index in [2.05, 4.69) is 64.1 Å². The molecule has 0 N–H and O–H groups in total. The van der Waals surface area contributed by atoms with E-state index < -0.39 is 0 Å². The molecule has 0 aliphatic carbocycles. The van der Waals surface area contributed by atoms with Crippen LogP contribution in [0.1, 0.15) is 52.0 Å². The Morgan fingerprint density at radius 3 is 2.33 bits per heavy atom. The molecule has 0 fully saturated rings. The topological polar surface area (TPSA) is 17.1 Å². The van der Waals surface area contributed by atoms with Gasteiger partial charge in [0.1, 0.15) is 0 Å². The molecule has 0 radical (unpaired) electrons. The molecule has 0 saturated carbocycles. The van der Waals surface area contributed by atoms with Crippen LogP contribution < -0.4 is 0 Å². The van der Waals surface area contributed by atoms with Crippen molar-refractivity contribution in [3.8, 4) is 0 Å². The molecule has 0 atom stereocenters. The number of hydrogen-bond donors (Lipinski definition) is 0. The maximum atomic E-state index is 12.7. The minimum absolute atomic E-state index is 0.232. The van der Waals surface area contributed by atoms with Crippen LogP contribution in [0.2, 0.25) is 0 Å². The van der Waals surface area contributed by atoms with Gasteiger partial charge in [0.25, 0.3) is 0 Å². The minimum Gasteiger partial charge on any atom is -0.294 e. The lowest BCUT2D eigenvalue weighted by Gasteiger charge is -2.11. The molecule has 2 aromatic rings. The van der Waals surface area contributed by atoms with Crippen LogP contribution in [-0.2, 0) is 19.3 Å². The number of Topliss-reactive ketones (excluding diaryl/α,β-unsaturated/α-hetero) is 1. The van der Waals surface area contributed by atoms with Crippen molar-refractivity contribution >= 4 is 5.78 Å². The largest absolute Gasteiger partial charge is 0.294 e. The Hall–Kier alpha value is -1.89. The summed E-state index contributed by atoms with van der Waals surface area (Å²) in [5.41, 5.74) is 6.83. The first-order chi connectivity index (χ1) is 10.0. The average molecular weight is 280 g/mol. The van der Waals surface area contributed by atoms with Crippen LogP contribution in [0.15, 0.2) is 36.4 Å². The number of aryl methyl sites for hydroxylation is 4. The fourth-order valence-electron chi connectivity index (χ4n) is 2.67. The molecule has 0 saturated heterocycles. The standard InChI is InChI=1S/C20H24O/c1-5-16-9-10-17(6-2)19(12-16)20(21)13-18-11-14(3)7-8-15(18)4/h7-12H,5-6,13H2,1-4H3. The highest BCUT2D eigenvalue weighted by Gasteiger charge is 2.13. The Bertz CT molecular complexity index is 653. The molecule has 0 heterocycles. The molecule has 2 rings (SSSR count). The van der Waals surface area contributed by atoms with Crippen molar-refractivity contribution in [2.24, 2.45) is 0 Å². The van der Waals surface area contributed by atoms with Crippen molar-refractivity contribution in [2.75, 3.05) is 0 Å². The fourth-order valence-corrected chi connectivity index (χ4v) is 2.67. The van der Waals surface area contributed by atoms with Gasteiger partial charge in [0.05, 0.1) is 0 Å². The van der Waals surface area contributed by atoms with Gasteiger partial charge >= 0.3 is 0 Å². The van der Waals surface area contributed by atoms with E-state index in [4.69, 9.17) is 0 Å². The van der Waals surface area contributed by atoms with E-state index in [9.17, 15) is 4.79 Å². The molecule has 0 aromatic heterocycles. The highest BCUT2D eigenvalue weighted by atomic mass is 16.1. The molecule has 0 spiro atoms. The first kappa shape index (κ1) is 15.5. The third kappa shape index (κ3) is 3.60. The van der Waals surface area contributed by atoms with Crippen molar-refractivity contribution in [3.05, 3.63) is 69.8 Å². The van der Waals surface area contributed by atoms with Crippen molar-refractivity contribution in [2.45, 2.75) is 47.0 Å². The highest BCUT2D eigenvalue weighted by molar-refractivity contribution is 5.99. The van der Waals surface area contributed by atoms with E-state index in [0.29, 0.717) is 6.42 Å². The summed E-state index contributed by atoms with van der Waals surface area (Å²) in [5, 5.41) is 0. The Kier molecular flexibility index (Phi) is 4.95. The van der Waals surface area contributed by atoms with Gasteiger partial charge in [-0.15, -0.1) is 0 Å². The summed E-state index contributed by atoms with van der Waals surface area (Å²) in [6, 6.07) is 12.6. The van der Waals surface area contributed by atoms with Crippen LogP contribution in [-0.4, -0.2) is 5.78 Å². The molecular formula is C20H24O. The quantitative estimate of drug-likeness (QED) is 0.715. The van der Waals surface area contributed by atoms with Gasteiger partial charge in [-0.1, -0.05) is 49.7 Å². The zero-order chi connectivity index (χ0) is 15.4. The number of hydrogen-bond acceptors (Lipinski definition) is 1. The van der Waals surface area contributed by atoms with Crippen LogP contribution in [0.25, 0.3) is 0 Å². The van der Waals surface area contributed by atoms with Crippen LogP contribution >= 0.6 is 0 Å². The molecule has 0 aliphatic rings. The maximum absolute atomic E-state index is 12.7. The third-order valence-corrected chi connectivity index (χ3v) is 4.12. The maximum Gasteiger partial charge on any atom is 0.167 e. The third-order valence-electron chi connectivity index (χ3n) is 4.12. The highest BCUT2D eigenvalue weighted by Crippen LogP contribution is 2.18. The van der Waals surface area contributed by atoms with Gasteiger partial charge in [0.2, 0.25) is 0 Å². The van der Waals surface area contributed by atoms with E-state index in [1.54, 1.807) is 0 Å². The molecular weight excluding hydrogens is 256 g/mol. The van der Waals surface area contributed by atoms with Gasteiger partial charge in [0, 0.05) is 12.0 Å². The smallest absolute Gasteiger partial charge is 0.167 e. The van der Waals surface area contributed by atoms with Gasteiger partial charge < -0.3 is 0 Å². The predicted molar refractivity (Wildman–Crippen MR) is 89.1 cm³/mol. The Morgan fingerprint density at radius 1 is 0.905 bits per heavy atom. The molecule has 2 aromatic carbocycles. The van der Waals surface area contributed by atoms with Crippen molar-refractivity contribution in [1.82, 2.24) is 0 Å². The first-order valence-electron chi connectivity index (χ1n) is 7.76. The van der Waals surface area contributed by atoms with E-state index in [-0.39, 0.29) is 5.78 Å². The lowest BCUT2D eigenvalue weighted by atomic mass is 9.93. The zero-order valence-electron chi connectivity index (χ0n) is 13.5. The summed E-state index contributed by atoms with van der Waals surface area (Å²) < 4.78 is 0. The second-order valence-corrected chi connectivity index (χ2v) is 5.73. The summed E-state index contributed by atoms with van der Waals surface area (Å²) in [4.78, 5) is 12.7. The molecule has 110 valence electrons. The summed E-state index contributed by atoms with van der Waals surface area (Å²) in [6.45, 7) is 8.38. The van der Waals surface area contributed by atoms with Crippen LogP contribution in [0.5, 0.6) is 0 Å². The van der Waals surface area contributed by atoms with Crippen LogP contribution in [0, 0.1) is 13.8 Å². The molecule has 1 heteroatoms. The number of benzene rings is 2. The van der Waals surface area contributed by atoms with Crippen molar-refractivity contribution < 1.29 is 4.79 Å². The second-order valence-electron chi connectivity index (χ2n) is 5.73. The molecule has 1 nitrogen and oxygen atoms in total. The molecule has 0 aliphatic heterocycles. The van der Waals surface area contributed by atoms with E-state index in [1.807, 2.05) is 0 Å². The number of rotatable bonds is 5. The predicted octanol–water partition coefficient (Wildman–Crippen LogP) is 4.85. The Morgan fingerprint density at radius 2 is 1.67 bits per heavy atom. The molecule has 0 bridgehead atoms. The van der Waals surface area contributed by atoms with Gasteiger partial charge in [-0.3, -0.25) is 4.79 Å². The molecule has 0 unspecified atom stereocenters. The fraction of sp³-hybridized carbons (Fsp3) is 0.350. The lowest BCUT2D eigenvalue weighted by molar-refractivity contribution is 0.0992.